The maximum Gasteiger partial charge on any atom is 0.337 e. The molecule has 1 aromatic rings. The van der Waals surface area contributed by atoms with E-state index < -0.39 is 5.97 Å². The van der Waals surface area contributed by atoms with Crippen molar-refractivity contribution < 1.29 is 9.90 Å². The van der Waals surface area contributed by atoms with Gasteiger partial charge in [0.25, 0.3) is 0 Å². The van der Waals surface area contributed by atoms with Crippen molar-refractivity contribution in [3.05, 3.63) is 23.9 Å². The fourth-order valence-corrected chi connectivity index (χ4v) is 2.68. The van der Waals surface area contributed by atoms with Crippen LogP contribution in [0.2, 0.25) is 0 Å². The summed E-state index contributed by atoms with van der Waals surface area (Å²) in [5.74, 6) is 0.406. The van der Waals surface area contributed by atoms with Crippen molar-refractivity contribution >= 4 is 11.8 Å². The van der Waals surface area contributed by atoms with Crippen LogP contribution in [0.1, 0.15) is 38.1 Å². The van der Waals surface area contributed by atoms with Crippen molar-refractivity contribution in [3.8, 4) is 0 Å². The molecule has 0 aromatic carbocycles. The third-order valence-corrected chi connectivity index (χ3v) is 4.82. The molecule has 0 radical (unpaired) electrons. The highest BCUT2D eigenvalue weighted by molar-refractivity contribution is 5.87. The Morgan fingerprint density at radius 1 is 1.33 bits per heavy atom. The maximum absolute atomic E-state index is 10.7. The normalized spacial score (nSPS) is 20.4. The largest absolute Gasteiger partial charge is 0.478 e. The smallest absolute Gasteiger partial charge is 0.337 e. The number of nitrogens with one attached hydrogen (secondary N) is 1. The SMILES string of the molecule is CC1(C)C(CNc2ccc(C(=O)O)cn2)C1(C)C. The Kier molecular flexibility index (Phi) is 2.84. The van der Waals surface area contributed by atoms with Crippen LogP contribution in [0.25, 0.3) is 0 Å². The Bertz CT molecular complexity index is 449. The van der Waals surface area contributed by atoms with Gasteiger partial charge in [-0.15, -0.1) is 0 Å². The maximum atomic E-state index is 10.7. The molecule has 4 heteroatoms. The van der Waals surface area contributed by atoms with Gasteiger partial charge in [-0.25, -0.2) is 9.78 Å². The number of pyridine rings is 1. The van der Waals surface area contributed by atoms with Crippen molar-refractivity contribution in [2.24, 2.45) is 16.7 Å². The number of carboxylic acids is 1. The molecule has 2 rings (SSSR count). The van der Waals surface area contributed by atoms with Gasteiger partial charge in [0.1, 0.15) is 5.82 Å². The zero-order chi connectivity index (χ0) is 13.6. The van der Waals surface area contributed by atoms with Crippen molar-refractivity contribution in [1.29, 1.82) is 0 Å². The molecule has 0 unspecified atom stereocenters. The van der Waals surface area contributed by atoms with Gasteiger partial charge in [0, 0.05) is 12.7 Å². The Labute approximate surface area is 107 Å². The molecule has 0 amide bonds. The van der Waals surface area contributed by atoms with Gasteiger partial charge in [0.15, 0.2) is 0 Å². The number of anilines is 1. The number of hydrogen-bond donors (Lipinski definition) is 2. The van der Waals surface area contributed by atoms with E-state index in [0.717, 1.165) is 12.4 Å². The minimum absolute atomic E-state index is 0.215. The van der Waals surface area contributed by atoms with E-state index in [2.05, 4.69) is 38.0 Å². The molecular weight excluding hydrogens is 228 g/mol. The Balaban J connectivity index is 1.94. The molecule has 1 aromatic heterocycles. The summed E-state index contributed by atoms with van der Waals surface area (Å²) in [4.78, 5) is 14.8. The third kappa shape index (κ3) is 1.96. The van der Waals surface area contributed by atoms with E-state index in [1.807, 2.05) is 0 Å². The molecular formula is C14H20N2O2. The predicted octanol–water partition coefficient (Wildman–Crippen LogP) is 2.87. The summed E-state index contributed by atoms with van der Waals surface area (Å²) in [7, 11) is 0. The molecule has 0 aliphatic heterocycles. The summed E-state index contributed by atoms with van der Waals surface area (Å²) in [5, 5.41) is 12.1. The Morgan fingerprint density at radius 3 is 2.33 bits per heavy atom. The lowest BCUT2D eigenvalue weighted by atomic mass is 10.0. The van der Waals surface area contributed by atoms with Gasteiger partial charge in [-0.1, -0.05) is 27.7 Å². The Morgan fingerprint density at radius 2 is 1.94 bits per heavy atom. The molecule has 0 saturated heterocycles. The number of carbonyl (C=O) groups is 1. The summed E-state index contributed by atoms with van der Waals surface area (Å²) in [6.45, 7) is 9.99. The van der Waals surface area contributed by atoms with Crippen LogP contribution in [-0.2, 0) is 0 Å². The molecule has 0 spiro atoms. The van der Waals surface area contributed by atoms with Crippen LogP contribution in [0.5, 0.6) is 0 Å². The van der Waals surface area contributed by atoms with Gasteiger partial charge >= 0.3 is 5.97 Å². The first-order valence-corrected chi connectivity index (χ1v) is 6.20. The van der Waals surface area contributed by atoms with E-state index in [1.54, 1.807) is 12.1 Å². The molecule has 1 aliphatic carbocycles. The fraction of sp³-hybridized carbons (Fsp3) is 0.571. The monoisotopic (exact) mass is 248 g/mol. The van der Waals surface area contributed by atoms with E-state index in [-0.39, 0.29) is 5.56 Å². The average Bonchev–Trinajstić information content (AvgIpc) is 2.67. The molecule has 1 heterocycles. The average molecular weight is 248 g/mol. The van der Waals surface area contributed by atoms with E-state index in [9.17, 15) is 4.79 Å². The molecule has 18 heavy (non-hydrogen) atoms. The van der Waals surface area contributed by atoms with Crippen molar-refractivity contribution in [1.82, 2.24) is 4.98 Å². The van der Waals surface area contributed by atoms with Gasteiger partial charge in [0.2, 0.25) is 0 Å². The molecule has 98 valence electrons. The zero-order valence-electron chi connectivity index (χ0n) is 11.3. The second kappa shape index (κ2) is 3.97. The van der Waals surface area contributed by atoms with E-state index >= 15 is 0 Å². The standard InChI is InChI=1S/C14H20N2O2/c1-13(2)10(14(13,3)4)8-16-11-6-5-9(7-15-11)12(17)18/h5-7,10H,8H2,1-4H3,(H,15,16)(H,17,18). The first-order valence-electron chi connectivity index (χ1n) is 6.20. The highest BCUT2D eigenvalue weighted by atomic mass is 16.4. The van der Waals surface area contributed by atoms with Crippen LogP contribution < -0.4 is 5.32 Å². The van der Waals surface area contributed by atoms with Gasteiger partial charge in [0.05, 0.1) is 5.56 Å². The van der Waals surface area contributed by atoms with E-state index in [0.29, 0.717) is 16.7 Å². The predicted molar refractivity (Wildman–Crippen MR) is 70.7 cm³/mol. The summed E-state index contributed by atoms with van der Waals surface area (Å²) in [5.41, 5.74) is 0.912. The van der Waals surface area contributed by atoms with Crippen molar-refractivity contribution in [3.63, 3.8) is 0 Å². The van der Waals surface area contributed by atoms with Crippen LogP contribution in [-0.4, -0.2) is 22.6 Å². The van der Waals surface area contributed by atoms with Crippen LogP contribution >= 0.6 is 0 Å². The van der Waals surface area contributed by atoms with Crippen LogP contribution in [0.3, 0.4) is 0 Å². The molecule has 1 fully saturated rings. The van der Waals surface area contributed by atoms with Crippen molar-refractivity contribution in [2.45, 2.75) is 27.7 Å². The fourth-order valence-electron chi connectivity index (χ4n) is 2.68. The quantitative estimate of drug-likeness (QED) is 0.860. The number of rotatable bonds is 4. The number of aromatic nitrogens is 1. The second-order valence-corrected chi connectivity index (χ2v) is 6.11. The highest BCUT2D eigenvalue weighted by Crippen LogP contribution is 2.68. The van der Waals surface area contributed by atoms with Gasteiger partial charge in [-0.3, -0.25) is 0 Å². The van der Waals surface area contributed by atoms with Crippen LogP contribution in [0.15, 0.2) is 18.3 Å². The van der Waals surface area contributed by atoms with Gasteiger partial charge < -0.3 is 10.4 Å². The summed E-state index contributed by atoms with van der Waals surface area (Å²) in [6.07, 6.45) is 1.38. The lowest BCUT2D eigenvalue weighted by Crippen LogP contribution is -2.09. The van der Waals surface area contributed by atoms with Crippen LogP contribution in [0.4, 0.5) is 5.82 Å². The second-order valence-electron chi connectivity index (χ2n) is 6.11. The first kappa shape index (κ1) is 12.9. The molecule has 4 nitrogen and oxygen atoms in total. The van der Waals surface area contributed by atoms with E-state index in [4.69, 9.17) is 5.11 Å². The van der Waals surface area contributed by atoms with E-state index in [1.165, 1.54) is 6.20 Å². The number of carboxylic acid groups (broad SMARTS) is 1. The highest BCUT2D eigenvalue weighted by Gasteiger charge is 2.64. The number of nitrogens with zero attached hydrogens (tertiary/aromatic N) is 1. The number of aromatic carboxylic acids is 1. The molecule has 0 bridgehead atoms. The topological polar surface area (TPSA) is 62.2 Å². The minimum atomic E-state index is -0.946. The zero-order valence-corrected chi connectivity index (χ0v) is 11.3. The molecule has 2 N–H and O–H groups in total. The van der Waals surface area contributed by atoms with Gasteiger partial charge in [-0.2, -0.15) is 0 Å². The lowest BCUT2D eigenvalue weighted by Gasteiger charge is -2.06. The summed E-state index contributed by atoms with van der Waals surface area (Å²) in [6, 6.07) is 3.28. The molecule has 0 atom stereocenters. The minimum Gasteiger partial charge on any atom is -0.478 e. The van der Waals surface area contributed by atoms with Gasteiger partial charge in [-0.05, 0) is 28.9 Å². The third-order valence-electron chi connectivity index (χ3n) is 4.82. The summed E-state index contributed by atoms with van der Waals surface area (Å²) < 4.78 is 0. The lowest BCUT2D eigenvalue weighted by molar-refractivity contribution is 0.0696. The molecule has 1 aliphatic rings. The van der Waals surface area contributed by atoms with Crippen LogP contribution in [0, 0.1) is 16.7 Å². The Hall–Kier alpha value is -1.58. The summed E-state index contributed by atoms with van der Waals surface area (Å²) >= 11 is 0. The number of hydrogen-bond acceptors (Lipinski definition) is 3. The first-order chi connectivity index (χ1) is 8.26. The van der Waals surface area contributed by atoms with Crippen molar-refractivity contribution in [2.75, 3.05) is 11.9 Å². The molecule has 1 saturated carbocycles.